The molecule has 0 bridgehead atoms. The van der Waals surface area contributed by atoms with Gasteiger partial charge in [-0.1, -0.05) is 0 Å². The van der Waals surface area contributed by atoms with Gasteiger partial charge in [-0.15, -0.1) is 0 Å². The summed E-state index contributed by atoms with van der Waals surface area (Å²) < 4.78 is 0. The fourth-order valence-electron chi connectivity index (χ4n) is 0. The molecule has 1 nitrogen and oxygen atoms in total. The van der Waals surface area contributed by atoms with Crippen molar-refractivity contribution in [3.05, 3.63) is 0 Å². The second kappa shape index (κ2) is 35.2. The molecule has 0 heterocycles. The summed E-state index contributed by atoms with van der Waals surface area (Å²) in [6.07, 6.45) is 0. The minimum absolute atomic E-state index is 0. The number of carbonyl (C=O) groups excluding carboxylic acids is 1. The molecule has 0 amide bonds. The Morgan fingerprint density at radius 2 is 1.50 bits per heavy atom. The van der Waals surface area contributed by atoms with Crippen LogP contribution in [0.25, 0.3) is 0 Å². The predicted molar refractivity (Wildman–Crippen MR) is 25.8 cm³/mol. The van der Waals surface area contributed by atoms with Gasteiger partial charge in [0.2, 0.25) is 0 Å². The molecule has 22 valence electrons. The molecule has 0 saturated carbocycles. The molecular weight excluding hydrogens is 83.1 g/mol. The first-order valence-corrected chi connectivity index (χ1v) is 0.289. The standard InChI is InChI=1S/CH2O.Na.H2S.H/c1-2;;;/h1H2;;1H2;/p+1. The van der Waals surface area contributed by atoms with E-state index in [0.717, 1.165) is 0 Å². The topological polar surface area (TPSA) is 17.1 Å². The van der Waals surface area contributed by atoms with Crippen LogP contribution in [0.1, 0.15) is 1.43 Å². The molecular formula is CH6NaOS+. The third-order valence-corrected chi connectivity index (χ3v) is 0. The maximum atomic E-state index is 8.00. The Labute approximate surface area is 56.0 Å². The summed E-state index contributed by atoms with van der Waals surface area (Å²) in [5.74, 6) is 0. The molecule has 0 saturated heterocycles. The van der Waals surface area contributed by atoms with Crippen LogP contribution >= 0.6 is 13.5 Å². The van der Waals surface area contributed by atoms with E-state index < -0.39 is 0 Å². The van der Waals surface area contributed by atoms with Crippen LogP contribution < -0.4 is 0 Å². The normalized spacial score (nSPS) is 1.00. The van der Waals surface area contributed by atoms with E-state index in [0.29, 0.717) is 0 Å². The van der Waals surface area contributed by atoms with Gasteiger partial charge in [-0.25, -0.2) is 0 Å². The first-order chi connectivity index (χ1) is 1.00. The number of rotatable bonds is 0. The summed E-state index contributed by atoms with van der Waals surface area (Å²) in [5.41, 5.74) is 0. The summed E-state index contributed by atoms with van der Waals surface area (Å²) in [6.45, 7) is 2.00. The zero-order valence-corrected chi connectivity index (χ0v) is 2.62. The Morgan fingerprint density at radius 1 is 1.50 bits per heavy atom. The molecule has 0 aromatic heterocycles. The molecule has 0 rings (SSSR count). The summed E-state index contributed by atoms with van der Waals surface area (Å²) in [7, 11) is 0. The van der Waals surface area contributed by atoms with E-state index >= 15 is 0 Å². The predicted octanol–water partition coefficient (Wildman–Crippen LogP) is -0.608. The van der Waals surface area contributed by atoms with E-state index in [9.17, 15) is 0 Å². The fraction of sp³-hybridized carbons (Fsp3) is 0. The molecule has 0 unspecified atom stereocenters. The van der Waals surface area contributed by atoms with Gasteiger partial charge in [-0.2, -0.15) is 13.5 Å². The van der Waals surface area contributed by atoms with Gasteiger partial charge in [0.1, 0.15) is 6.79 Å². The van der Waals surface area contributed by atoms with E-state index in [-0.39, 0.29) is 44.5 Å². The first-order valence-electron chi connectivity index (χ1n) is 0.289. The van der Waals surface area contributed by atoms with E-state index in [1.165, 1.54) is 0 Å². The van der Waals surface area contributed by atoms with E-state index in [4.69, 9.17) is 4.79 Å². The third-order valence-electron chi connectivity index (χ3n) is 0. The molecule has 0 aliphatic heterocycles. The van der Waals surface area contributed by atoms with Gasteiger partial charge in [0, 0.05) is 0 Å². The zero-order valence-electron chi connectivity index (χ0n) is 2.62. The van der Waals surface area contributed by atoms with Gasteiger partial charge in [-0.3, -0.25) is 0 Å². The van der Waals surface area contributed by atoms with Gasteiger partial charge in [0.25, 0.3) is 0 Å². The molecule has 0 aliphatic rings. The van der Waals surface area contributed by atoms with Crippen LogP contribution in [-0.4, -0.2) is 36.3 Å². The summed E-state index contributed by atoms with van der Waals surface area (Å²) in [6, 6.07) is 0. The van der Waals surface area contributed by atoms with Crippen molar-refractivity contribution < 1.29 is 6.22 Å². The van der Waals surface area contributed by atoms with Gasteiger partial charge in [-0.05, 0) is 0 Å². The third kappa shape index (κ3) is 11.8. The van der Waals surface area contributed by atoms with Crippen molar-refractivity contribution in [1.82, 2.24) is 0 Å². The quantitative estimate of drug-likeness (QED) is 0.362. The van der Waals surface area contributed by atoms with Crippen molar-refractivity contribution in [1.29, 1.82) is 0 Å². The fourth-order valence-corrected chi connectivity index (χ4v) is 0. The zero-order chi connectivity index (χ0) is 2.00. The van der Waals surface area contributed by atoms with E-state index in [1.54, 1.807) is 0 Å². The van der Waals surface area contributed by atoms with Crippen molar-refractivity contribution in [2.24, 2.45) is 0 Å². The van der Waals surface area contributed by atoms with Crippen molar-refractivity contribution in [2.75, 3.05) is 0 Å². The van der Waals surface area contributed by atoms with Gasteiger partial charge in [0.15, 0.2) is 0 Å². The van der Waals surface area contributed by atoms with E-state index in [2.05, 4.69) is 0 Å². The molecule has 4 heavy (non-hydrogen) atoms. The van der Waals surface area contributed by atoms with Crippen LogP contribution in [0.15, 0.2) is 0 Å². The van der Waals surface area contributed by atoms with Crippen molar-refractivity contribution >= 4 is 49.8 Å². The van der Waals surface area contributed by atoms with Crippen LogP contribution in [0.2, 0.25) is 0 Å². The number of hydrogen-bond acceptors (Lipinski definition) is 1. The second-order valence-corrected chi connectivity index (χ2v) is 0. The van der Waals surface area contributed by atoms with Crippen LogP contribution in [-0.2, 0) is 4.79 Å². The SMILES string of the molecule is C=O.S.[H+].[NaH]. The average molecular weight is 89.1 g/mol. The first kappa shape index (κ1) is 19.9. The molecule has 0 N–H and O–H groups in total. The van der Waals surface area contributed by atoms with Crippen LogP contribution in [0.3, 0.4) is 0 Å². The Kier molecular flexibility index (Phi) is 175. The van der Waals surface area contributed by atoms with Crippen molar-refractivity contribution in [2.45, 2.75) is 0 Å². The Balaban J connectivity index is -0.00000000167. The molecule has 0 aromatic rings. The molecule has 3 heteroatoms. The Morgan fingerprint density at radius 3 is 1.50 bits per heavy atom. The average Bonchev–Trinajstić information content (AvgIpc) is 1.00. The minimum atomic E-state index is 0. The maximum absolute atomic E-state index is 8.00. The summed E-state index contributed by atoms with van der Waals surface area (Å²) >= 11 is 0. The van der Waals surface area contributed by atoms with Crippen LogP contribution in [0, 0.1) is 0 Å². The monoisotopic (exact) mass is 89.0 g/mol. The molecule has 0 atom stereocenters. The molecule has 0 radical (unpaired) electrons. The van der Waals surface area contributed by atoms with E-state index in [1.807, 2.05) is 6.79 Å². The summed E-state index contributed by atoms with van der Waals surface area (Å²) in [4.78, 5) is 8.00. The van der Waals surface area contributed by atoms with Crippen molar-refractivity contribution in [3.63, 3.8) is 0 Å². The Bertz CT molecular complexity index is 11.6. The summed E-state index contributed by atoms with van der Waals surface area (Å²) in [5, 5.41) is 0. The Hall–Kier alpha value is 1.02. The van der Waals surface area contributed by atoms with Gasteiger partial charge < -0.3 is 4.79 Å². The second-order valence-electron chi connectivity index (χ2n) is 0. The number of carbonyl (C=O) groups is 1. The van der Waals surface area contributed by atoms with Crippen molar-refractivity contribution in [3.8, 4) is 0 Å². The molecule has 0 aromatic carbocycles. The van der Waals surface area contributed by atoms with Gasteiger partial charge >= 0.3 is 31.0 Å². The molecule has 0 fully saturated rings. The number of hydrogen-bond donors (Lipinski definition) is 0. The van der Waals surface area contributed by atoms with Crippen LogP contribution in [0.4, 0.5) is 0 Å². The molecule has 0 aliphatic carbocycles. The van der Waals surface area contributed by atoms with Crippen LogP contribution in [0.5, 0.6) is 0 Å². The molecule has 0 spiro atoms. The van der Waals surface area contributed by atoms with Gasteiger partial charge in [0.05, 0.1) is 0 Å².